The van der Waals surface area contributed by atoms with Gasteiger partial charge in [-0.05, 0) is 37.8 Å². The van der Waals surface area contributed by atoms with E-state index in [9.17, 15) is 0 Å². The van der Waals surface area contributed by atoms with Crippen molar-refractivity contribution < 1.29 is 4.74 Å². The van der Waals surface area contributed by atoms with Crippen LogP contribution in [0.5, 0.6) is 0 Å². The number of hydrogen-bond acceptors (Lipinski definition) is 4. The van der Waals surface area contributed by atoms with Gasteiger partial charge in [0.05, 0.1) is 6.10 Å². The van der Waals surface area contributed by atoms with Gasteiger partial charge in [-0.15, -0.1) is 0 Å². The fraction of sp³-hybridized carbons (Fsp3) is 0.600. The Kier molecular flexibility index (Phi) is 3.68. The lowest BCUT2D eigenvalue weighted by Gasteiger charge is -2.57. The van der Waals surface area contributed by atoms with Crippen molar-refractivity contribution in [2.45, 2.75) is 57.7 Å². The van der Waals surface area contributed by atoms with E-state index in [4.69, 9.17) is 4.74 Å². The summed E-state index contributed by atoms with van der Waals surface area (Å²) in [6.07, 6.45) is 12.9. The van der Waals surface area contributed by atoms with Crippen LogP contribution in [0.25, 0.3) is 5.82 Å². The molecule has 0 unspecified atom stereocenters. The third kappa shape index (κ3) is 2.36. The Balaban J connectivity index is 1.28. The molecule has 3 aliphatic rings. The van der Waals surface area contributed by atoms with E-state index >= 15 is 0 Å². The molecular formula is C20H26N4O. The Morgan fingerprint density at radius 3 is 2.88 bits per heavy atom. The molecule has 132 valence electrons. The van der Waals surface area contributed by atoms with Crippen LogP contribution in [0.1, 0.15) is 43.5 Å². The molecule has 1 N–H and O–H groups in total. The highest BCUT2D eigenvalue weighted by atomic mass is 16.5. The Bertz CT molecular complexity index is 747. The monoisotopic (exact) mass is 338 g/mol. The van der Waals surface area contributed by atoms with Crippen LogP contribution in [0.15, 0.2) is 30.7 Å². The van der Waals surface area contributed by atoms with Crippen LogP contribution >= 0.6 is 0 Å². The molecule has 2 aromatic heterocycles. The van der Waals surface area contributed by atoms with E-state index in [1.54, 1.807) is 0 Å². The average molecular weight is 338 g/mol. The van der Waals surface area contributed by atoms with Crippen molar-refractivity contribution in [3.05, 3.63) is 42.1 Å². The SMILES string of the molecule is Cc1nccn1-c1ccc(CN[C@@H]2[C@H]3CCO[C@@H]3C23CCCC3)cn1. The maximum Gasteiger partial charge on any atom is 0.137 e. The fourth-order valence-corrected chi connectivity index (χ4v) is 5.52. The number of hydrogen-bond donors (Lipinski definition) is 1. The summed E-state index contributed by atoms with van der Waals surface area (Å²) >= 11 is 0. The molecule has 5 heteroatoms. The van der Waals surface area contributed by atoms with E-state index in [-0.39, 0.29) is 0 Å². The van der Waals surface area contributed by atoms with E-state index in [0.29, 0.717) is 17.6 Å². The quantitative estimate of drug-likeness (QED) is 0.931. The number of aryl methyl sites for hydroxylation is 1. The Morgan fingerprint density at radius 1 is 1.28 bits per heavy atom. The first-order valence-electron chi connectivity index (χ1n) is 9.58. The van der Waals surface area contributed by atoms with Gasteiger partial charge in [-0.2, -0.15) is 0 Å². The number of pyridine rings is 1. The van der Waals surface area contributed by atoms with Crippen molar-refractivity contribution in [1.82, 2.24) is 19.9 Å². The highest BCUT2D eigenvalue weighted by molar-refractivity contribution is 5.27. The summed E-state index contributed by atoms with van der Waals surface area (Å²) in [5, 5.41) is 3.87. The third-order valence-corrected chi connectivity index (χ3v) is 6.69. The molecule has 0 amide bonds. The van der Waals surface area contributed by atoms with Crippen LogP contribution in [0, 0.1) is 18.3 Å². The maximum absolute atomic E-state index is 6.08. The third-order valence-electron chi connectivity index (χ3n) is 6.69. The summed E-state index contributed by atoms with van der Waals surface area (Å²) in [5.41, 5.74) is 1.67. The smallest absolute Gasteiger partial charge is 0.137 e. The second kappa shape index (κ2) is 5.92. The molecule has 3 atom stereocenters. The fourth-order valence-electron chi connectivity index (χ4n) is 5.52. The predicted molar refractivity (Wildman–Crippen MR) is 95.5 cm³/mol. The second-order valence-electron chi connectivity index (χ2n) is 7.91. The van der Waals surface area contributed by atoms with Gasteiger partial charge in [0.1, 0.15) is 11.6 Å². The minimum atomic E-state index is 0.419. The molecule has 5 rings (SSSR count). The van der Waals surface area contributed by atoms with E-state index in [1.807, 2.05) is 30.1 Å². The van der Waals surface area contributed by atoms with Crippen LogP contribution in [0.3, 0.4) is 0 Å². The predicted octanol–water partition coefficient (Wildman–Crippen LogP) is 3.01. The first-order valence-corrected chi connectivity index (χ1v) is 9.58. The number of nitrogens with one attached hydrogen (secondary N) is 1. The Morgan fingerprint density at radius 2 is 2.16 bits per heavy atom. The number of ether oxygens (including phenoxy) is 1. The molecule has 5 nitrogen and oxygen atoms in total. The molecule has 3 heterocycles. The summed E-state index contributed by atoms with van der Waals surface area (Å²) in [5.74, 6) is 2.61. The number of fused-ring (bicyclic) bond motifs is 2. The van der Waals surface area contributed by atoms with Gasteiger partial charge in [0, 0.05) is 49.1 Å². The van der Waals surface area contributed by atoms with Crippen molar-refractivity contribution in [3.63, 3.8) is 0 Å². The summed E-state index contributed by atoms with van der Waals surface area (Å²) < 4.78 is 8.09. The standard InChI is InChI=1S/C20H26N4O/c1-14-21-9-10-24(14)17-5-4-15(12-22-17)13-23-18-16-6-11-25-19(16)20(18)7-2-3-8-20/h4-5,9-10,12,16,18-19,23H,2-3,6-8,11,13H2,1H3/t16-,18-,19+/m1/s1. The lowest BCUT2D eigenvalue weighted by atomic mass is 9.54. The number of rotatable bonds is 4. The van der Waals surface area contributed by atoms with Gasteiger partial charge in [-0.3, -0.25) is 4.57 Å². The molecule has 3 fully saturated rings. The molecule has 0 radical (unpaired) electrons. The van der Waals surface area contributed by atoms with Gasteiger partial charge in [0.2, 0.25) is 0 Å². The molecule has 1 saturated heterocycles. The highest BCUT2D eigenvalue weighted by Crippen LogP contribution is 2.60. The number of nitrogens with zero attached hydrogens (tertiary/aromatic N) is 3. The Hall–Kier alpha value is -1.72. The molecule has 1 aliphatic heterocycles. The molecule has 0 aromatic carbocycles. The number of imidazole rings is 1. The Labute approximate surface area is 148 Å². The zero-order chi connectivity index (χ0) is 16.9. The summed E-state index contributed by atoms with van der Waals surface area (Å²) in [6.45, 7) is 3.84. The van der Waals surface area contributed by atoms with Crippen molar-refractivity contribution in [2.75, 3.05) is 6.61 Å². The highest BCUT2D eigenvalue weighted by Gasteiger charge is 2.64. The van der Waals surface area contributed by atoms with Crippen molar-refractivity contribution in [3.8, 4) is 5.82 Å². The van der Waals surface area contributed by atoms with Crippen molar-refractivity contribution >= 4 is 0 Å². The first-order chi connectivity index (χ1) is 12.3. The number of aromatic nitrogens is 3. The lowest BCUT2D eigenvalue weighted by Crippen LogP contribution is -2.67. The molecule has 0 bridgehead atoms. The van der Waals surface area contributed by atoms with Gasteiger partial charge >= 0.3 is 0 Å². The second-order valence-corrected chi connectivity index (χ2v) is 7.91. The molecule has 2 aromatic rings. The van der Waals surface area contributed by atoms with Crippen molar-refractivity contribution in [2.24, 2.45) is 11.3 Å². The minimum absolute atomic E-state index is 0.419. The zero-order valence-electron chi connectivity index (χ0n) is 14.8. The minimum Gasteiger partial charge on any atom is -0.377 e. The summed E-state index contributed by atoms with van der Waals surface area (Å²) in [4.78, 5) is 8.88. The van der Waals surface area contributed by atoms with E-state index in [0.717, 1.165) is 30.7 Å². The van der Waals surface area contributed by atoms with Gasteiger partial charge in [0.15, 0.2) is 0 Å². The van der Waals surface area contributed by atoms with E-state index < -0.39 is 0 Å². The normalized spacial score (nSPS) is 29.7. The van der Waals surface area contributed by atoms with E-state index in [1.165, 1.54) is 37.7 Å². The van der Waals surface area contributed by atoms with Crippen LogP contribution in [0.2, 0.25) is 0 Å². The van der Waals surface area contributed by atoms with Crippen LogP contribution in [0.4, 0.5) is 0 Å². The van der Waals surface area contributed by atoms with Gasteiger partial charge in [-0.25, -0.2) is 9.97 Å². The zero-order valence-corrected chi connectivity index (χ0v) is 14.8. The average Bonchev–Trinajstić information content (AvgIpc) is 3.35. The molecule has 2 saturated carbocycles. The van der Waals surface area contributed by atoms with Crippen LogP contribution < -0.4 is 5.32 Å². The first kappa shape index (κ1) is 15.5. The van der Waals surface area contributed by atoms with Gasteiger partial charge in [-0.1, -0.05) is 18.9 Å². The summed E-state index contributed by atoms with van der Waals surface area (Å²) in [6, 6.07) is 4.88. The summed E-state index contributed by atoms with van der Waals surface area (Å²) in [7, 11) is 0. The van der Waals surface area contributed by atoms with Gasteiger partial charge in [0.25, 0.3) is 0 Å². The van der Waals surface area contributed by atoms with Crippen LogP contribution in [-0.4, -0.2) is 33.3 Å². The largest absolute Gasteiger partial charge is 0.377 e. The van der Waals surface area contributed by atoms with Gasteiger partial charge < -0.3 is 10.1 Å². The maximum atomic E-state index is 6.08. The molecular weight excluding hydrogens is 312 g/mol. The van der Waals surface area contributed by atoms with Crippen molar-refractivity contribution in [1.29, 1.82) is 0 Å². The molecule has 2 aliphatic carbocycles. The van der Waals surface area contributed by atoms with E-state index in [2.05, 4.69) is 27.4 Å². The topological polar surface area (TPSA) is 52.0 Å². The molecule has 25 heavy (non-hydrogen) atoms. The van der Waals surface area contributed by atoms with Crippen LogP contribution in [-0.2, 0) is 11.3 Å². The molecule has 1 spiro atoms. The lowest BCUT2D eigenvalue weighted by molar-refractivity contribution is -0.130.